The zero-order valence-corrected chi connectivity index (χ0v) is 10.3. The molecule has 2 aliphatic heterocycles. The van der Waals surface area contributed by atoms with Gasteiger partial charge in [0.05, 0.1) is 6.10 Å². The Balaban J connectivity index is 2.01. The molecule has 2 fully saturated rings. The van der Waals surface area contributed by atoms with Gasteiger partial charge in [-0.15, -0.1) is 0 Å². The van der Waals surface area contributed by atoms with Crippen molar-refractivity contribution < 1.29 is 24.1 Å². The topological polar surface area (TPSA) is 65.0 Å². The summed E-state index contributed by atoms with van der Waals surface area (Å²) in [6.45, 7) is 5.26. The van der Waals surface area contributed by atoms with E-state index >= 15 is 0 Å². The molecule has 2 saturated heterocycles. The van der Waals surface area contributed by atoms with E-state index in [-0.39, 0.29) is 6.10 Å². The molecular formula is C12H18O5. The van der Waals surface area contributed by atoms with E-state index in [1.807, 2.05) is 13.8 Å². The van der Waals surface area contributed by atoms with Crippen LogP contribution in [0.15, 0.2) is 12.2 Å². The summed E-state index contributed by atoms with van der Waals surface area (Å²) in [5, 5.41) is 10.1. The highest BCUT2D eigenvalue weighted by Gasteiger charge is 2.52. The van der Waals surface area contributed by atoms with E-state index in [1.165, 1.54) is 12.2 Å². The number of aldehydes is 1. The summed E-state index contributed by atoms with van der Waals surface area (Å²) in [6.07, 6.45) is 2.84. The molecule has 5 nitrogen and oxygen atoms in total. The van der Waals surface area contributed by atoms with Crippen LogP contribution in [0.1, 0.15) is 27.2 Å². The van der Waals surface area contributed by atoms with Crippen molar-refractivity contribution in [2.75, 3.05) is 0 Å². The molecule has 4 atom stereocenters. The second kappa shape index (κ2) is 4.17. The molecule has 17 heavy (non-hydrogen) atoms. The van der Waals surface area contributed by atoms with Gasteiger partial charge in [0.15, 0.2) is 12.1 Å². The van der Waals surface area contributed by atoms with E-state index in [0.29, 0.717) is 12.7 Å². The maximum absolute atomic E-state index is 10.3. The van der Waals surface area contributed by atoms with Gasteiger partial charge in [0.25, 0.3) is 0 Å². The van der Waals surface area contributed by atoms with Crippen molar-refractivity contribution in [2.45, 2.75) is 57.1 Å². The fourth-order valence-corrected chi connectivity index (χ4v) is 2.22. The highest BCUT2D eigenvalue weighted by Crippen LogP contribution is 2.40. The van der Waals surface area contributed by atoms with Crippen molar-refractivity contribution in [1.82, 2.24) is 0 Å². The molecule has 1 N–H and O–H groups in total. The van der Waals surface area contributed by atoms with Crippen molar-refractivity contribution in [1.29, 1.82) is 0 Å². The van der Waals surface area contributed by atoms with Gasteiger partial charge < -0.3 is 19.3 Å². The summed E-state index contributed by atoms with van der Waals surface area (Å²) < 4.78 is 16.8. The summed E-state index contributed by atoms with van der Waals surface area (Å²) in [4.78, 5) is 10.3. The lowest BCUT2D eigenvalue weighted by molar-refractivity contribution is -0.219. The second-order valence-corrected chi connectivity index (χ2v) is 5.12. The van der Waals surface area contributed by atoms with Crippen molar-refractivity contribution in [2.24, 2.45) is 0 Å². The highest BCUT2D eigenvalue weighted by molar-refractivity contribution is 5.65. The van der Waals surface area contributed by atoms with Gasteiger partial charge in [0.2, 0.25) is 0 Å². The minimum atomic E-state index is -1.19. The first kappa shape index (κ1) is 12.7. The molecule has 0 aliphatic carbocycles. The number of carbonyl (C=O) groups is 1. The summed E-state index contributed by atoms with van der Waals surface area (Å²) in [7, 11) is 0. The van der Waals surface area contributed by atoms with Crippen LogP contribution in [0, 0.1) is 0 Å². The van der Waals surface area contributed by atoms with Gasteiger partial charge in [-0.2, -0.15) is 0 Å². The Morgan fingerprint density at radius 1 is 1.41 bits per heavy atom. The quantitative estimate of drug-likeness (QED) is 0.584. The average Bonchev–Trinajstić information content (AvgIpc) is 2.68. The van der Waals surface area contributed by atoms with E-state index in [1.54, 1.807) is 6.92 Å². The third kappa shape index (κ3) is 2.57. The second-order valence-electron chi connectivity index (χ2n) is 5.12. The fraction of sp³-hybridized carbons (Fsp3) is 0.750. The third-order valence-corrected chi connectivity index (χ3v) is 3.05. The molecule has 0 radical (unpaired) electrons. The molecule has 0 unspecified atom stereocenters. The standard InChI is InChI=1S/C12H18O5/c1-11(2)16-8-7-9(15-10(8)17-11)12(3,14)5-4-6-13/h4-6,8-10,14H,7H2,1-3H3/b5-4+/t8-,9-,10-,12-/m1/s1. The predicted octanol–water partition coefficient (Wildman–Crippen LogP) is 0.759. The zero-order valence-electron chi connectivity index (χ0n) is 10.3. The van der Waals surface area contributed by atoms with Crippen molar-refractivity contribution in [3.8, 4) is 0 Å². The van der Waals surface area contributed by atoms with Crippen LogP contribution in [-0.4, -0.2) is 41.3 Å². The minimum Gasteiger partial charge on any atom is -0.383 e. The normalized spacial score (nSPS) is 39.2. The smallest absolute Gasteiger partial charge is 0.187 e. The van der Waals surface area contributed by atoms with E-state index in [0.717, 1.165) is 0 Å². The lowest BCUT2D eigenvalue weighted by Gasteiger charge is -2.28. The van der Waals surface area contributed by atoms with Gasteiger partial charge in [-0.05, 0) is 32.9 Å². The van der Waals surface area contributed by atoms with Crippen LogP contribution in [-0.2, 0) is 19.0 Å². The van der Waals surface area contributed by atoms with Crippen LogP contribution >= 0.6 is 0 Å². The fourth-order valence-electron chi connectivity index (χ4n) is 2.22. The van der Waals surface area contributed by atoms with Crippen LogP contribution in [0.4, 0.5) is 0 Å². The number of fused-ring (bicyclic) bond motifs is 1. The molecule has 2 rings (SSSR count). The summed E-state index contributed by atoms with van der Waals surface area (Å²) in [5.41, 5.74) is -1.19. The van der Waals surface area contributed by atoms with Gasteiger partial charge in [-0.3, -0.25) is 4.79 Å². The number of hydrogen-bond donors (Lipinski definition) is 1. The van der Waals surface area contributed by atoms with E-state index < -0.39 is 23.8 Å². The Labute approximate surface area is 100 Å². The summed E-state index contributed by atoms with van der Waals surface area (Å²) in [5.74, 6) is -0.634. The summed E-state index contributed by atoms with van der Waals surface area (Å²) >= 11 is 0. The minimum absolute atomic E-state index is 0.161. The molecule has 0 spiro atoms. The first-order valence-corrected chi connectivity index (χ1v) is 5.70. The van der Waals surface area contributed by atoms with Crippen LogP contribution < -0.4 is 0 Å². The maximum atomic E-state index is 10.3. The number of ether oxygens (including phenoxy) is 3. The molecule has 2 heterocycles. The highest BCUT2D eigenvalue weighted by atomic mass is 16.8. The van der Waals surface area contributed by atoms with Crippen molar-refractivity contribution in [3.05, 3.63) is 12.2 Å². The van der Waals surface area contributed by atoms with E-state index in [2.05, 4.69) is 0 Å². The predicted molar refractivity (Wildman–Crippen MR) is 59.1 cm³/mol. The van der Waals surface area contributed by atoms with Crippen LogP contribution in [0.5, 0.6) is 0 Å². The first-order chi connectivity index (χ1) is 7.84. The zero-order chi connectivity index (χ0) is 12.7. The number of aliphatic hydroxyl groups is 1. The molecule has 96 valence electrons. The molecule has 0 bridgehead atoms. The van der Waals surface area contributed by atoms with Crippen molar-refractivity contribution >= 4 is 6.29 Å². The average molecular weight is 242 g/mol. The van der Waals surface area contributed by atoms with Gasteiger partial charge >= 0.3 is 0 Å². The Hall–Kier alpha value is -0.750. The molecular weight excluding hydrogens is 224 g/mol. The van der Waals surface area contributed by atoms with Gasteiger partial charge in [0, 0.05) is 6.42 Å². The first-order valence-electron chi connectivity index (χ1n) is 5.70. The molecule has 0 aromatic carbocycles. The third-order valence-electron chi connectivity index (χ3n) is 3.05. The molecule has 0 aromatic rings. The Kier molecular flexibility index (Phi) is 3.12. The van der Waals surface area contributed by atoms with Crippen LogP contribution in [0.2, 0.25) is 0 Å². The lowest BCUT2D eigenvalue weighted by atomic mass is 9.95. The van der Waals surface area contributed by atoms with Crippen LogP contribution in [0.3, 0.4) is 0 Å². The monoisotopic (exact) mass is 242 g/mol. The molecule has 5 heteroatoms. The van der Waals surface area contributed by atoms with Gasteiger partial charge in [-0.25, -0.2) is 0 Å². The molecule has 2 aliphatic rings. The molecule has 0 amide bonds. The van der Waals surface area contributed by atoms with Gasteiger partial charge in [0.1, 0.15) is 18.0 Å². The Bertz CT molecular complexity index is 318. The largest absolute Gasteiger partial charge is 0.383 e. The number of hydrogen-bond acceptors (Lipinski definition) is 5. The van der Waals surface area contributed by atoms with Crippen LogP contribution in [0.25, 0.3) is 0 Å². The molecule has 0 saturated carbocycles. The SMILES string of the molecule is CC1(C)O[C@H]2O[C@@H]([C@](C)(O)/C=C/C=O)C[C@H]2O1. The lowest BCUT2D eigenvalue weighted by Crippen LogP contribution is -2.39. The Morgan fingerprint density at radius 3 is 2.71 bits per heavy atom. The molecule has 0 aromatic heterocycles. The summed E-state index contributed by atoms with van der Waals surface area (Å²) in [6, 6.07) is 0. The number of carbonyl (C=O) groups excluding carboxylic acids is 1. The van der Waals surface area contributed by atoms with E-state index in [9.17, 15) is 9.90 Å². The number of rotatable bonds is 3. The maximum Gasteiger partial charge on any atom is 0.187 e. The van der Waals surface area contributed by atoms with Crippen molar-refractivity contribution in [3.63, 3.8) is 0 Å². The van der Waals surface area contributed by atoms with Gasteiger partial charge in [-0.1, -0.05) is 0 Å². The van der Waals surface area contributed by atoms with E-state index in [4.69, 9.17) is 14.2 Å². The number of allylic oxidation sites excluding steroid dienone is 1. The Morgan fingerprint density at radius 2 is 2.12 bits per heavy atom.